The van der Waals surface area contributed by atoms with Gasteiger partial charge in [-0.25, -0.2) is 4.79 Å². The molecule has 0 atom stereocenters. The van der Waals surface area contributed by atoms with Gasteiger partial charge in [-0.05, 0) is 67.1 Å². The molecule has 29 heavy (non-hydrogen) atoms. The first-order valence-electron chi connectivity index (χ1n) is 10.2. The summed E-state index contributed by atoms with van der Waals surface area (Å²) in [5.41, 5.74) is 4.66. The van der Waals surface area contributed by atoms with Gasteiger partial charge < -0.3 is 20.1 Å². The van der Waals surface area contributed by atoms with Gasteiger partial charge in [-0.15, -0.1) is 0 Å². The van der Waals surface area contributed by atoms with Crippen LogP contribution in [-0.2, 0) is 17.8 Å². The van der Waals surface area contributed by atoms with Gasteiger partial charge >= 0.3 is 5.97 Å². The Morgan fingerprint density at radius 1 is 1.28 bits per heavy atom. The number of piperidine rings is 1. The van der Waals surface area contributed by atoms with E-state index in [0.717, 1.165) is 75.1 Å². The van der Waals surface area contributed by atoms with Gasteiger partial charge in [0.25, 0.3) is 0 Å². The number of aromatic nitrogens is 1. The average Bonchev–Trinajstić information content (AvgIpc) is 2.77. The largest absolute Gasteiger partial charge is 0.493 e. The molecule has 0 unspecified atom stereocenters. The number of hydrogen-bond donors (Lipinski definition) is 2. The number of anilines is 1. The summed E-state index contributed by atoms with van der Waals surface area (Å²) in [6.07, 6.45) is 9.45. The number of carboxylic acids is 1. The third-order valence-corrected chi connectivity index (χ3v) is 5.74. The maximum Gasteiger partial charge on any atom is 0.328 e. The van der Waals surface area contributed by atoms with Gasteiger partial charge in [-0.1, -0.05) is 6.07 Å². The minimum Gasteiger partial charge on any atom is -0.493 e. The van der Waals surface area contributed by atoms with Gasteiger partial charge in [0.1, 0.15) is 5.75 Å². The number of pyridine rings is 1. The lowest BCUT2D eigenvalue weighted by Crippen LogP contribution is -2.36. The Morgan fingerprint density at radius 3 is 2.97 bits per heavy atom. The predicted molar refractivity (Wildman–Crippen MR) is 113 cm³/mol. The highest BCUT2D eigenvalue weighted by molar-refractivity contribution is 5.86. The molecule has 1 saturated heterocycles. The Hall–Kier alpha value is -2.86. The van der Waals surface area contributed by atoms with E-state index in [1.807, 2.05) is 6.07 Å². The SMILES string of the molecule is O=C(O)/C=C/c1cnccc1N1CCC(COc2ccc3c(c2)CNCC3)CC1. The third kappa shape index (κ3) is 4.95. The van der Waals surface area contributed by atoms with Gasteiger partial charge in [0.2, 0.25) is 0 Å². The van der Waals surface area contributed by atoms with Crippen molar-refractivity contribution in [3.8, 4) is 5.75 Å². The summed E-state index contributed by atoms with van der Waals surface area (Å²) in [6, 6.07) is 8.43. The summed E-state index contributed by atoms with van der Waals surface area (Å²) in [4.78, 5) is 17.3. The Balaban J connectivity index is 1.32. The number of carbonyl (C=O) groups is 1. The van der Waals surface area contributed by atoms with Crippen LogP contribution in [-0.4, -0.2) is 42.3 Å². The van der Waals surface area contributed by atoms with Crippen LogP contribution >= 0.6 is 0 Å². The van der Waals surface area contributed by atoms with Crippen LogP contribution in [0.15, 0.2) is 42.7 Å². The van der Waals surface area contributed by atoms with E-state index in [1.165, 1.54) is 11.1 Å². The highest BCUT2D eigenvalue weighted by Crippen LogP contribution is 2.28. The molecule has 2 aliphatic heterocycles. The minimum atomic E-state index is -0.950. The van der Waals surface area contributed by atoms with Crippen LogP contribution in [0.4, 0.5) is 5.69 Å². The Kier molecular flexibility index (Phi) is 6.10. The number of nitrogens with zero attached hydrogens (tertiary/aromatic N) is 2. The number of ether oxygens (including phenoxy) is 1. The average molecular weight is 393 g/mol. The second-order valence-corrected chi connectivity index (χ2v) is 7.70. The Morgan fingerprint density at radius 2 is 2.14 bits per heavy atom. The van der Waals surface area contributed by atoms with Crippen molar-refractivity contribution < 1.29 is 14.6 Å². The molecular formula is C23H27N3O3. The Labute approximate surface area is 171 Å². The van der Waals surface area contributed by atoms with Crippen molar-refractivity contribution in [1.29, 1.82) is 0 Å². The van der Waals surface area contributed by atoms with Crippen molar-refractivity contribution in [2.45, 2.75) is 25.8 Å². The molecule has 1 aromatic carbocycles. The fourth-order valence-electron chi connectivity index (χ4n) is 4.08. The number of fused-ring (bicyclic) bond motifs is 1. The number of benzene rings is 1. The number of nitrogens with one attached hydrogen (secondary N) is 1. The summed E-state index contributed by atoms with van der Waals surface area (Å²) in [7, 11) is 0. The fraction of sp³-hybridized carbons (Fsp3) is 0.391. The lowest BCUT2D eigenvalue weighted by molar-refractivity contribution is -0.131. The zero-order valence-corrected chi connectivity index (χ0v) is 16.5. The number of rotatable bonds is 6. The number of hydrogen-bond acceptors (Lipinski definition) is 5. The lowest BCUT2D eigenvalue weighted by atomic mass is 9.96. The van der Waals surface area contributed by atoms with Crippen LogP contribution in [0.5, 0.6) is 5.75 Å². The maximum atomic E-state index is 10.8. The molecule has 3 heterocycles. The van der Waals surface area contributed by atoms with Crippen molar-refractivity contribution in [1.82, 2.24) is 10.3 Å². The van der Waals surface area contributed by atoms with Gasteiger partial charge in [0, 0.05) is 49.4 Å². The zero-order chi connectivity index (χ0) is 20.1. The van der Waals surface area contributed by atoms with Crippen LogP contribution in [0, 0.1) is 5.92 Å². The van der Waals surface area contributed by atoms with Crippen molar-refractivity contribution in [3.05, 3.63) is 59.4 Å². The lowest BCUT2D eigenvalue weighted by Gasteiger charge is -2.34. The summed E-state index contributed by atoms with van der Waals surface area (Å²) >= 11 is 0. The molecular weight excluding hydrogens is 366 g/mol. The predicted octanol–water partition coefficient (Wildman–Crippen LogP) is 3.12. The molecule has 2 aromatic rings. The van der Waals surface area contributed by atoms with E-state index < -0.39 is 5.97 Å². The molecule has 1 fully saturated rings. The van der Waals surface area contributed by atoms with Gasteiger partial charge in [0.15, 0.2) is 0 Å². The van der Waals surface area contributed by atoms with Crippen molar-refractivity contribution in [2.75, 3.05) is 31.1 Å². The second kappa shape index (κ2) is 9.09. The van der Waals surface area contributed by atoms with Gasteiger partial charge in [0.05, 0.1) is 6.61 Å². The molecule has 6 heteroatoms. The van der Waals surface area contributed by atoms with Crippen molar-refractivity contribution in [2.24, 2.45) is 5.92 Å². The zero-order valence-electron chi connectivity index (χ0n) is 16.5. The van der Waals surface area contributed by atoms with Crippen LogP contribution in [0.25, 0.3) is 6.08 Å². The molecule has 152 valence electrons. The molecule has 0 spiro atoms. The smallest absolute Gasteiger partial charge is 0.328 e. The monoisotopic (exact) mass is 393 g/mol. The van der Waals surface area contributed by atoms with Crippen molar-refractivity contribution >= 4 is 17.7 Å². The normalized spacial score (nSPS) is 17.3. The van der Waals surface area contributed by atoms with Gasteiger partial charge in [-0.2, -0.15) is 0 Å². The third-order valence-electron chi connectivity index (χ3n) is 5.74. The number of aliphatic carboxylic acids is 1. The van der Waals surface area contributed by atoms with E-state index in [2.05, 4.69) is 33.4 Å². The summed E-state index contributed by atoms with van der Waals surface area (Å²) in [5, 5.41) is 12.3. The van der Waals surface area contributed by atoms with Crippen LogP contribution in [0.2, 0.25) is 0 Å². The highest BCUT2D eigenvalue weighted by Gasteiger charge is 2.21. The van der Waals surface area contributed by atoms with Crippen molar-refractivity contribution in [3.63, 3.8) is 0 Å². The van der Waals surface area contributed by atoms with E-state index >= 15 is 0 Å². The molecule has 0 radical (unpaired) electrons. The summed E-state index contributed by atoms with van der Waals surface area (Å²) < 4.78 is 6.11. The molecule has 6 nitrogen and oxygen atoms in total. The maximum absolute atomic E-state index is 10.8. The van der Waals surface area contributed by atoms with Gasteiger partial charge in [-0.3, -0.25) is 4.98 Å². The first kappa shape index (κ1) is 19.5. The standard InChI is InChI=1S/C23H27N3O3/c27-23(28)4-2-19-14-25-10-6-22(19)26-11-7-17(8-12-26)16-29-21-3-1-18-5-9-24-15-20(18)13-21/h1-4,6,10,13-14,17,24H,5,7-9,11-12,15-16H2,(H,27,28)/b4-2+. The molecule has 2 aliphatic rings. The molecule has 1 aromatic heterocycles. The molecule has 4 rings (SSSR count). The van der Waals surface area contributed by atoms with Crippen LogP contribution in [0.3, 0.4) is 0 Å². The van der Waals surface area contributed by atoms with E-state index in [1.54, 1.807) is 18.5 Å². The highest BCUT2D eigenvalue weighted by atomic mass is 16.5. The second-order valence-electron chi connectivity index (χ2n) is 7.70. The molecule has 2 N–H and O–H groups in total. The van der Waals surface area contributed by atoms with Crippen LogP contribution in [0.1, 0.15) is 29.5 Å². The molecule has 0 bridgehead atoms. The van der Waals surface area contributed by atoms with E-state index in [4.69, 9.17) is 9.84 Å². The number of carboxylic acid groups (broad SMARTS) is 1. The topological polar surface area (TPSA) is 74.7 Å². The fourth-order valence-corrected chi connectivity index (χ4v) is 4.08. The summed E-state index contributed by atoms with van der Waals surface area (Å²) in [5.74, 6) is 0.541. The first-order chi connectivity index (χ1) is 14.2. The quantitative estimate of drug-likeness (QED) is 0.735. The molecule has 0 amide bonds. The van der Waals surface area contributed by atoms with E-state index in [-0.39, 0.29) is 0 Å². The molecule has 0 saturated carbocycles. The first-order valence-corrected chi connectivity index (χ1v) is 10.2. The Bertz CT molecular complexity index is 889. The minimum absolute atomic E-state index is 0.528. The van der Waals surface area contributed by atoms with E-state index in [0.29, 0.717) is 5.92 Å². The summed E-state index contributed by atoms with van der Waals surface area (Å²) in [6.45, 7) is 4.58. The van der Waals surface area contributed by atoms with Crippen LogP contribution < -0.4 is 15.0 Å². The molecule has 0 aliphatic carbocycles. The van der Waals surface area contributed by atoms with E-state index in [9.17, 15) is 4.79 Å².